The van der Waals surface area contributed by atoms with Crippen LogP contribution in [-0.2, 0) is 13.0 Å². The van der Waals surface area contributed by atoms with Crippen LogP contribution in [0.15, 0.2) is 12.4 Å². The van der Waals surface area contributed by atoms with Crippen molar-refractivity contribution in [2.45, 2.75) is 19.9 Å². The lowest BCUT2D eigenvalue weighted by atomic mass is 10.3. The molecule has 0 fully saturated rings. The molecule has 2 rings (SSSR count). The molecule has 0 unspecified atom stereocenters. The molecule has 7 nitrogen and oxygen atoms in total. The lowest BCUT2D eigenvalue weighted by molar-refractivity contribution is 0.646. The van der Waals surface area contributed by atoms with Gasteiger partial charge in [0.25, 0.3) is 0 Å². The molecule has 0 spiro atoms. The summed E-state index contributed by atoms with van der Waals surface area (Å²) in [4.78, 5) is 8.20. The molecular weight excluding hydrogens is 218 g/mol. The minimum absolute atomic E-state index is 0.480. The molecule has 0 bridgehead atoms. The number of nitrogens with zero attached hydrogens (tertiary/aromatic N) is 5. The van der Waals surface area contributed by atoms with Crippen molar-refractivity contribution in [2.24, 2.45) is 5.73 Å². The summed E-state index contributed by atoms with van der Waals surface area (Å²) in [6, 6.07) is 0. The van der Waals surface area contributed by atoms with E-state index in [0.29, 0.717) is 24.7 Å². The molecule has 0 saturated heterocycles. The minimum atomic E-state index is 0.480. The lowest BCUT2D eigenvalue weighted by Gasteiger charge is -2.04. The Labute approximate surface area is 98.9 Å². The first kappa shape index (κ1) is 11.5. The number of anilines is 1. The zero-order valence-electron chi connectivity index (χ0n) is 9.67. The van der Waals surface area contributed by atoms with E-state index < -0.39 is 0 Å². The van der Waals surface area contributed by atoms with Gasteiger partial charge in [-0.05, 0) is 13.5 Å². The molecule has 0 atom stereocenters. The van der Waals surface area contributed by atoms with Gasteiger partial charge in [-0.2, -0.15) is 0 Å². The monoisotopic (exact) mass is 233 g/mol. The number of rotatable bonds is 4. The topological polar surface area (TPSA) is 109 Å². The highest BCUT2D eigenvalue weighted by Gasteiger charge is 2.05. The molecule has 2 heterocycles. The number of nitrogen functional groups attached to an aromatic ring is 1. The highest BCUT2D eigenvalue weighted by molar-refractivity contribution is 5.37. The third-order valence-corrected chi connectivity index (χ3v) is 2.34. The SMILES string of the molecule is Cc1ncc(Cn2cc(CCN)nn2)c(N)n1. The van der Waals surface area contributed by atoms with Crippen LogP contribution in [-0.4, -0.2) is 31.5 Å². The van der Waals surface area contributed by atoms with Crippen LogP contribution in [0.5, 0.6) is 0 Å². The molecule has 0 aliphatic heterocycles. The Morgan fingerprint density at radius 3 is 2.94 bits per heavy atom. The quantitative estimate of drug-likeness (QED) is 0.737. The maximum atomic E-state index is 5.80. The second kappa shape index (κ2) is 4.88. The van der Waals surface area contributed by atoms with Gasteiger partial charge in [0.05, 0.1) is 12.2 Å². The normalized spacial score (nSPS) is 10.7. The van der Waals surface area contributed by atoms with Crippen molar-refractivity contribution in [3.8, 4) is 0 Å². The molecule has 90 valence electrons. The molecule has 17 heavy (non-hydrogen) atoms. The first-order valence-corrected chi connectivity index (χ1v) is 5.36. The van der Waals surface area contributed by atoms with Gasteiger partial charge in [-0.25, -0.2) is 14.6 Å². The minimum Gasteiger partial charge on any atom is -0.383 e. The van der Waals surface area contributed by atoms with Gasteiger partial charge in [-0.15, -0.1) is 5.10 Å². The summed E-state index contributed by atoms with van der Waals surface area (Å²) >= 11 is 0. The molecule has 0 aliphatic rings. The maximum Gasteiger partial charge on any atom is 0.132 e. The molecule has 0 amide bonds. The molecule has 0 radical (unpaired) electrons. The van der Waals surface area contributed by atoms with Crippen LogP contribution < -0.4 is 11.5 Å². The third kappa shape index (κ3) is 2.76. The van der Waals surface area contributed by atoms with Crippen LogP contribution in [0.2, 0.25) is 0 Å². The van der Waals surface area contributed by atoms with Crippen LogP contribution in [0.3, 0.4) is 0 Å². The molecule has 7 heteroatoms. The summed E-state index contributed by atoms with van der Waals surface area (Å²) < 4.78 is 1.70. The second-order valence-corrected chi connectivity index (χ2v) is 3.77. The fourth-order valence-electron chi connectivity index (χ4n) is 1.49. The molecule has 0 aromatic carbocycles. The fourth-order valence-corrected chi connectivity index (χ4v) is 1.49. The van der Waals surface area contributed by atoms with Crippen molar-refractivity contribution < 1.29 is 0 Å². The average Bonchev–Trinajstić information content (AvgIpc) is 2.71. The molecule has 2 aromatic heterocycles. The van der Waals surface area contributed by atoms with Crippen molar-refractivity contribution >= 4 is 5.82 Å². The highest BCUT2D eigenvalue weighted by Crippen LogP contribution is 2.08. The van der Waals surface area contributed by atoms with Crippen LogP contribution >= 0.6 is 0 Å². The van der Waals surface area contributed by atoms with E-state index in [9.17, 15) is 0 Å². The molecule has 4 N–H and O–H groups in total. The summed E-state index contributed by atoms with van der Waals surface area (Å²) in [5, 5.41) is 7.99. The zero-order chi connectivity index (χ0) is 12.3. The Hall–Kier alpha value is -2.02. The third-order valence-electron chi connectivity index (χ3n) is 2.34. The lowest BCUT2D eigenvalue weighted by Crippen LogP contribution is -2.07. The average molecular weight is 233 g/mol. The molecule has 0 saturated carbocycles. The van der Waals surface area contributed by atoms with E-state index in [4.69, 9.17) is 11.5 Å². The fraction of sp³-hybridized carbons (Fsp3) is 0.400. The predicted octanol–water partition coefficient (Wildman–Crippen LogP) is -0.492. The predicted molar refractivity (Wildman–Crippen MR) is 63.1 cm³/mol. The van der Waals surface area contributed by atoms with Crippen molar-refractivity contribution in [1.29, 1.82) is 0 Å². The van der Waals surface area contributed by atoms with Gasteiger partial charge in [0, 0.05) is 24.4 Å². The Morgan fingerprint density at radius 1 is 1.41 bits per heavy atom. The van der Waals surface area contributed by atoms with Gasteiger partial charge in [0.2, 0.25) is 0 Å². The zero-order valence-corrected chi connectivity index (χ0v) is 9.67. The van der Waals surface area contributed by atoms with E-state index in [2.05, 4.69) is 20.3 Å². The van der Waals surface area contributed by atoms with Crippen LogP contribution in [0.1, 0.15) is 17.1 Å². The number of hydrogen-bond acceptors (Lipinski definition) is 6. The van der Waals surface area contributed by atoms with Crippen molar-refractivity contribution in [3.05, 3.63) is 29.5 Å². The summed E-state index contributed by atoms with van der Waals surface area (Å²) in [5.74, 6) is 1.14. The standard InChI is InChI=1S/C10H15N7/c1-7-13-4-8(10(12)14-7)5-17-6-9(2-3-11)15-16-17/h4,6H,2-3,5,11H2,1H3,(H2,12,13,14). The summed E-state index contributed by atoms with van der Waals surface area (Å²) in [6.45, 7) is 2.88. The first-order valence-electron chi connectivity index (χ1n) is 5.36. The summed E-state index contributed by atoms with van der Waals surface area (Å²) in [7, 11) is 0. The first-order chi connectivity index (χ1) is 8.19. The highest BCUT2D eigenvalue weighted by atomic mass is 15.4. The van der Waals surface area contributed by atoms with Crippen molar-refractivity contribution in [3.63, 3.8) is 0 Å². The van der Waals surface area contributed by atoms with Crippen LogP contribution in [0, 0.1) is 6.92 Å². The van der Waals surface area contributed by atoms with E-state index in [1.807, 2.05) is 6.20 Å². The Morgan fingerprint density at radius 2 is 2.24 bits per heavy atom. The Balaban J connectivity index is 2.13. The smallest absolute Gasteiger partial charge is 0.132 e. The molecular formula is C10H15N7. The van der Waals surface area contributed by atoms with Crippen molar-refractivity contribution in [2.75, 3.05) is 12.3 Å². The van der Waals surface area contributed by atoms with Gasteiger partial charge < -0.3 is 11.5 Å². The largest absolute Gasteiger partial charge is 0.383 e. The maximum absolute atomic E-state index is 5.80. The molecule has 2 aromatic rings. The van der Waals surface area contributed by atoms with E-state index in [0.717, 1.165) is 17.7 Å². The van der Waals surface area contributed by atoms with E-state index in [-0.39, 0.29) is 0 Å². The van der Waals surface area contributed by atoms with Gasteiger partial charge >= 0.3 is 0 Å². The molecule has 0 aliphatic carbocycles. The number of aromatic nitrogens is 5. The van der Waals surface area contributed by atoms with E-state index in [1.165, 1.54) is 0 Å². The van der Waals surface area contributed by atoms with Crippen LogP contribution in [0.25, 0.3) is 0 Å². The van der Waals surface area contributed by atoms with Crippen molar-refractivity contribution in [1.82, 2.24) is 25.0 Å². The Kier molecular flexibility index (Phi) is 3.29. The second-order valence-electron chi connectivity index (χ2n) is 3.77. The summed E-state index contributed by atoms with van der Waals surface area (Å²) in [6.07, 6.45) is 4.29. The number of nitrogens with two attached hydrogens (primary N) is 2. The summed E-state index contributed by atoms with van der Waals surface area (Å²) in [5.41, 5.74) is 13.0. The van der Waals surface area contributed by atoms with E-state index >= 15 is 0 Å². The Bertz CT molecular complexity index is 505. The number of hydrogen-bond donors (Lipinski definition) is 2. The van der Waals surface area contributed by atoms with E-state index in [1.54, 1.807) is 17.8 Å². The van der Waals surface area contributed by atoms with Gasteiger partial charge in [0.15, 0.2) is 0 Å². The van der Waals surface area contributed by atoms with Crippen LogP contribution in [0.4, 0.5) is 5.82 Å². The van der Waals surface area contributed by atoms with Gasteiger partial charge in [-0.1, -0.05) is 5.21 Å². The van der Waals surface area contributed by atoms with Gasteiger partial charge in [-0.3, -0.25) is 0 Å². The number of aryl methyl sites for hydroxylation is 1. The van der Waals surface area contributed by atoms with Gasteiger partial charge in [0.1, 0.15) is 11.6 Å².